The first-order valence-corrected chi connectivity index (χ1v) is 9.42. The van der Waals surface area contributed by atoms with E-state index in [4.69, 9.17) is 4.42 Å². The van der Waals surface area contributed by atoms with E-state index in [9.17, 15) is 13.6 Å². The third-order valence-corrected chi connectivity index (χ3v) is 5.31. The number of nitrogens with one attached hydrogen (secondary N) is 1. The Kier molecular flexibility index (Phi) is 5.38. The molecule has 1 unspecified atom stereocenters. The summed E-state index contributed by atoms with van der Waals surface area (Å²) in [6.45, 7) is 5.38. The van der Waals surface area contributed by atoms with Gasteiger partial charge in [-0.3, -0.25) is 4.79 Å². The number of anilines is 1. The number of carbonyl (C=O) groups excluding carboxylic acids is 1. The molecule has 9 heteroatoms. The first kappa shape index (κ1) is 18.5. The summed E-state index contributed by atoms with van der Waals surface area (Å²) in [6, 6.07) is 3.55. The van der Waals surface area contributed by atoms with Gasteiger partial charge in [-0.05, 0) is 39.0 Å². The minimum Gasteiger partial charge on any atom is -0.437 e. The third kappa shape index (κ3) is 4.10. The summed E-state index contributed by atoms with van der Waals surface area (Å²) in [7, 11) is 0. The van der Waals surface area contributed by atoms with Crippen molar-refractivity contribution in [1.29, 1.82) is 0 Å². The number of rotatable bonds is 5. The van der Waals surface area contributed by atoms with Crippen LogP contribution in [0.4, 0.5) is 13.9 Å². The van der Waals surface area contributed by atoms with Crippen molar-refractivity contribution in [2.24, 2.45) is 0 Å². The average molecular weight is 395 g/mol. The minimum atomic E-state index is -0.942. The van der Waals surface area contributed by atoms with Crippen LogP contribution in [0.15, 0.2) is 33.2 Å². The fraction of sp³-hybridized carbons (Fsp3) is 0.235. The Morgan fingerprint density at radius 2 is 2.04 bits per heavy atom. The molecule has 3 aromatic rings. The van der Waals surface area contributed by atoms with Gasteiger partial charge in [-0.15, -0.1) is 11.3 Å². The minimum absolute atomic E-state index is 0.255. The SMILES string of the molecule is Cc1nc(SC(C)C(=O)Nc2nc(-c3ccc(F)c(F)c3)cs2)oc1C. The van der Waals surface area contributed by atoms with Crippen LogP contribution in [-0.2, 0) is 4.79 Å². The summed E-state index contributed by atoms with van der Waals surface area (Å²) in [5.41, 5.74) is 1.69. The van der Waals surface area contributed by atoms with E-state index in [2.05, 4.69) is 15.3 Å². The van der Waals surface area contributed by atoms with Crippen LogP contribution in [-0.4, -0.2) is 21.1 Å². The Balaban J connectivity index is 1.66. The Labute approximate surface area is 156 Å². The molecular weight excluding hydrogens is 380 g/mol. The lowest BCUT2D eigenvalue weighted by Crippen LogP contribution is -2.22. The number of aryl methyl sites for hydroxylation is 2. The molecule has 0 saturated carbocycles. The van der Waals surface area contributed by atoms with Gasteiger partial charge in [0.15, 0.2) is 16.8 Å². The molecule has 3 rings (SSSR count). The molecule has 0 bridgehead atoms. The Bertz CT molecular complexity index is 936. The predicted octanol–water partition coefficient (Wildman–Crippen LogP) is 4.81. The van der Waals surface area contributed by atoms with E-state index in [0.717, 1.165) is 23.6 Å². The molecule has 0 spiro atoms. The molecule has 2 heterocycles. The quantitative estimate of drug-likeness (QED) is 0.628. The van der Waals surface area contributed by atoms with E-state index in [1.807, 2.05) is 13.8 Å². The molecule has 1 N–H and O–H groups in total. The average Bonchev–Trinajstić information content (AvgIpc) is 3.17. The summed E-state index contributed by atoms with van der Waals surface area (Å²) in [4.78, 5) is 20.8. The number of thioether (sulfide) groups is 1. The lowest BCUT2D eigenvalue weighted by molar-refractivity contribution is -0.115. The van der Waals surface area contributed by atoms with Gasteiger partial charge < -0.3 is 9.73 Å². The summed E-state index contributed by atoms with van der Waals surface area (Å²) >= 11 is 2.41. The molecule has 0 fully saturated rings. The summed E-state index contributed by atoms with van der Waals surface area (Å²) in [5.74, 6) is -1.39. The lowest BCUT2D eigenvalue weighted by atomic mass is 10.2. The van der Waals surface area contributed by atoms with Crippen LogP contribution in [0.5, 0.6) is 0 Å². The fourth-order valence-corrected chi connectivity index (χ4v) is 3.58. The Hall–Kier alpha value is -2.26. The highest BCUT2D eigenvalue weighted by atomic mass is 32.2. The molecule has 0 saturated heterocycles. The second kappa shape index (κ2) is 7.55. The van der Waals surface area contributed by atoms with Gasteiger partial charge in [-0.2, -0.15) is 0 Å². The van der Waals surface area contributed by atoms with Crippen molar-refractivity contribution >= 4 is 34.1 Å². The highest BCUT2D eigenvalue weighted by Gasteiger charge is 2.19. The van der Waals surface area contributed by atoms with Gasteiger partial charge >= 0.3 is 0 Å². The van der Waals surface area contributed by atoms with E-state index in [-0.39, 0.29) is 5.91 Å². The van der Waals surface area contributed by atoms with Gasteiger partial charge in [-0.1, -0.05) is 11.8 Å². The topological polar surface area (TPSA) is 68.0 Å². The normalized spacial score (nSPS) is 12.2. The van der Waals surface area contributed by atoms with Gasteiger partial charge in [0.1, 0.15) is 5.76 Å². The van der Waals surface area contributed by atoms with E-state index < -0.39 is 16.9 Å². The van der Waals surface area contributed by atoms with Gasteiger partial charge in [0, 0.05) is 10.9 Å². The molecule has 0 aliphatic rings. The van der Waals surface area contributed by atoms with Crippen LogP contribution in [0, 0.1) is 25.5 Å². The number of amides is 1. The number of halogens is 2. The molecule has 5 nitrogen and oxygen atoms in total. The van der Waals surface area contributed by atoms with Crippen molar-refractivity contribution < 1.29 is 18.0 Å². The molecular formula is C17H15F2N3O2S2. The number of carbonyl (C=O) groups is 1. The largest absolute Gasteiger partial charge is 0.437 e. The molecule has 136 valence electrons. The van der Waals surface area contributed by atoms with Crippen molar-refractivity contribution in [3.8, 4) is 11.3 Å². The Morgan fingerprint density at radius 3 is 2.69 bits per heavy atom. The van der Waals surface area contributed by atoms with Crippen molar-refractivity contribution in [3.05, 3.63) is 46.7 Å². The van der Waals surface area contributed by atoms with Crippen molar-refractivity contribution in [2.75, 3.05) is 5.32 Å². The standard InChI is InChI=1S/C17H15F2N3O2S2/c1-8-9(2)24-17(20-8)26-10(3)15(23)22-16-21-14(7-25-16)11-4-5-12(18)13(19)6-11/h4-7,10H,1-3H3,(H,21,22,23). The lowest BCUT2D eigenvalue weighted by Gasteiger charge is -2.07. The zero-order valence-corrected chi connectivity index (χ0v) is 15.8. The highest BCUT2D eigenvalue weighted by Crippen LogP contribution is 2.28. The smallest absolute Gasteiger partial charge is 0.256 e. The molecule has 0 radical (unpaired) electrons. The van der Waals surface area contributed by atoms with Crippen LogP contribution in [0.2, 0.25) is 0 Å². The van der Waals surface area contributed by atoms with Crippen LogP contribution in [0.1, 0.15) is 18.4 Å². The number of hydrogen-bond donors (Lipinski definition) is 1. The third-order valence-electron chi connectivity index (χ3n) is 3.61. The fourth-order valence-electron chi connectivity index (χ4n) is 2.02. The van der Waals surface area contributed by atoms with Gasteiger partial charge in [0.25, 0.3) is 5.22 Å². The summed E-state index contributed by atoms with van der Waals surface area (Å²) in [6.07, 6.45) is 0. The number of oxazole rings is 1. The van der Waals surface area contributed by atoms with Gasteiger partial charge in [0.05, 0.1) is 16.6 Å². The molecule has 1 atom stereocenters. The number of nitrogens with zero attached hydrogens (tertiary/aromatic N) is 2. The molecule has 1 aromatic carbocycles. The molecule has 2 aromatic heterocycles. The molecule has 0 aliphatic carbocycles. The number of hydrogen-bond acceptors (Lipinski definition) is 6. The first-order valence-electron chi connectivity index (χ1n) is 7.66. The Morgan fingerprint density at radius 1 is 1.27 bits per heavy atom. The number of aromatic nitrogens is 2. The van der Waals surface area contributed by atoms with Gasteiger partial charge in [-0.25, -0.2) is 18.7 Å². The predicted molar refractivity (Wildman–Crippen MR) is 97.4 cm³/mol. The number of thiazole rings is 1. The molecule has 1 amide bonds. The zero-order valence-electron chi connectivity index (χ0n) is 14.2. The monoisotopic (exact) mass is 395 g/mol. The van der Waals surface area contributed by atoms with Crippen molar-refractivity contribution in [2.45, 2.75) is 31.2 Å². The second-order valence-corrected chi connectivity index (χ2v) is 7.69. The maximum atomic E-state index is 13.3. The molecule has 0 aliphatic heterocycles. The van der Waals surface area contributed by atoms with E-state index in [1.54, 1.807) is 12.3 Å². The maximum absolute atomic E-state index is 13.3. The van der Waals surface area contributed by atoms with E-state index >= 15 is 0 Å². The van der Waals surface area contributed by atoms with Crippen molar-refractivity contribution in [1.82, 2.24) is 9.97 Å². The summed E-state index contributed by atoms with van der Waals surface area (Å²) in [5, 5.41) is 4.75. The maximum Gasteiger partial charge on any atom is 0.256 e. The second-order valence-electron chi connectivity index (χ2n) is 5.54. The van der Waals surface area contributed by atoms with Crippen molar-refractivity contribution in [3.63, 3.8) is 0 Å². The van der Waals surface area contributed by atoms with Crippen LogP contribution < -0.4 is 5.32 Å². The summed E-state index contributed by atoms with van der Waals surface area (Å²) < 4.78 is 31.8. The highest BCUT2D eigenvalue weighted by molar-refractivity contribution is 8.00. The van der Waals surface area contributed by atoms with Crippen LogP contribution in [0.25, 0.3) is 11.3 Å². The van der Waals surface area contributed by atoms with E-state index in [0.29, 0.717) is 21.6 Å². The molecule has 26 heavy (non-hydrogen) atoms. The zero-order chi connectivity index (χ0) is 18.8. The van der Waals surface area contributed by atoms with Crippen LogP contribution >= 0.6 is 23.1 Å². The van der Waals surface area contributed by atoms with E-state index in [1.165, 1.54) is 29.2 Å². The number of benzene rings is 1. The van der Waals surface area contributed by atoms with Crippen LogP contribution in [0.3, 0.4) is 0 Å². The first-order chi connectivity index (χ1) is 12.3. The van der Waals surface area contributed by atoms with Gasteiger partial charge in [0.2, 0.25) is 5.91 Å².